The quantitative estimate of drug-likeness (QED) is 0.750. The first-order valence-electron chi connectivity index (χ1n) is 8.01. The number of hydrogen-bond acceptors (Lipinski definition) is 3. The molecule has 1 N–H and O–H groups in total. The minimum Gasteiger partial charge on any atom is -0.496 e. The van der Waals surface area contributed by atoms with Crippen LogP contribution in [0.1, 0.15) is 50.7 Å². The Morgan fingerprint density at radius 2 is 1.86 bits per heavy atom. The molecule has 126 valence electrons. The number of sulfonamides is 1. The van der Waals surface area contributed by atoms with E-state index in [2.05, 4.69) is 18.6 Å². The molecule has 5 heteroatoms. The maximum atomic E-state index is 12.5. The van der Waals surface area contributed by atoms with Crippen LogP contribution in [-0.4, -0.2) is 22.1 Å². The average molecular weight is 327 g/mol. The molecule has 0 bridgehead atoms. The molecule has 0 aliphatic carbocycles. The third-order valence-corrected chi connectivity index (χ3v) is 5.87. The fourth-order valence-corrected chi connectivity index (χ4v) is 3.95. The Bertz CT molecular complexity index is 582. The highest BCUT2D eigenvalue weighted by atomic mass is 32.2. The van der Waals surface area contributed by atoms with Gasteiger partial charge in [-0.25, -0.2) is 13.1 Å². The minimum atomic E-state index is -3.47. The van der Waals surface area contributed by atoms with E-state index in [9.17, 15) is 8.42 Å². The molecular formula is C17H29NO3S. The number of rotatable bonds is 9. The van der Waals surface area contributed by atoms with Crippen LogP contribution in [0.4, 0.5) is 0 Å². The van der Waals surface area contributed by atoms with Gasteiger partial charge in [-0.05, 0) is 49.4 Å². The van der Waals surface area contributed by atoms with E-state index in [-0.39, 0.29) is 0 Å². The zero-order valence-corrected chi connectivity index (χ0v) is 15.2. The molecule has 0 aromatic heterocycles. The normalized spacial score (nSPS) is 13.1. The molecule has 0 saturated carbocycles. The summed E-state index contributed by atoms with van der Waals surface area (Å²) in [5.41, 5.74) is 1.61. The van der Waals surface area contributed by atoms with E-state index in [1.807, 2.05) is 13.8 Å². The molecule has 0 amide bonds. The molecule has 0 spiro atoms. The van der Waals surface area contributed by atoms with Crippen molar-refractivity contribution in [2.24, 2.45) is 5.92 Å². The molecule has 4 nitrogen and oxygen atoms in total. The van der Waals surface area contributed by atoms with Gasteiger partial charge in [-0.1, -0.05) is 33.1 Å². The van der Waals surface area contributed by atoms with E-state index in [0.29, 0.717) is 23.1 Å². The molecule has 1 atom stereocenters. The molecule has 0 fully saturated rings. The topological polar surface area (TPSA) is 55.4 Å². The van der Waals surface area contributed by atoms with Crippen LogP contribution >= 0.6 is 0 Å². The van der Waals surface area contributed by atoms with E-state index in [0.717, 1.165) is 36.8 Å². The molecule has 1 aromatic carbocycles. The summed E-state index contributed by atoms with van der Waals surface area (Å²) in [4.78, 5) is 0.344. The summed E-state index contributed by atoms with van der Waals surface area (Å²) >= 11 is 0. The number of benzene rings is 1. The number of unbranched alkanes of at least 4 members (excludes halogenated alkanes) is 1. The maximum Gasteiger partial charge on any atom is 0.240 e. The molecule has 1 aromatic rings. The standard InChI is InChI=1S/C17H29NO3S/c1-6-8-9-15(7-2)12-18-22(19,20)17-11-10-16(21-5)13(3)14(17)4/h10-11,15,18H,6-9,12H2,1-5H3/t15-/m0/s1. The van der Waals surface area contributed by atoms with Gasteiger partial charge in [0.1, 0.15) is 5.75 Å². The summed E-state index contributed by atoms with van der Waals surface area (Å²) < 4.78 is 33.1. The number of hydrogen-bond donors (Lipinski definition) is 1. The van der Waals surface area contributed by atoms with Crippen LogP contribution in [0.25, 0.3) is 0 Å². The van der Waals surface area contributed by atoms with Gasteiger partial charge in [-0.15, -0.1) is 0 Å². The summed E-state index contributed by atoms with van der Waals surface area (Å²) in [5.74, 6) is 1.11. The lowest BCUT2D eigenvalue weighted by molar-refractivity contribution is 0.410. The number of ether oxygens (including phenoxy) is 1. The Kier molecular flexibility index (Phi) is 7.36. The molecule has 0 heterocycles. The lowest BCUT2D eigenvalue weighted by atomic mass is 10.00. The zero-order chi connectivity index (χ0) is 16.8. The van der Waals surface area contributed by atoms with Gasteiger partial charge in [0.25, 0.3) is 0 Å². The zero-order valence-electron chi connectivity index (χ0n) is 14.4. The summed E-state index contributed by atoms with van der Waals surface area (Å²) in [5, 5.41) is 0. The van der Waals surface area contributed by atoms with E-state index in [1.165, 1.54) is 0 Å². The first-order chi connectivity index (χ1) is 10.4. The van der Waals surface area contributed by atoms with Gasteiger partial charge >= 0.3 is 0 Å². The van der Waals surface area contributed by atoms with E-state index in [1.54, 1.807) is 19.2 Å². The van der Waals surface area contributed by atoms with Crippen LogP contribution in [0.15, 0.2) is 17.0 Å². The van der Waals surface area contributed by atoms with Crippen molar-refractivity contribution >= 4 is 10.0 Å². The summed E-state index contributed by atoms with van der Waals surface area (Å²) in [6.45, 7) is 8.46. The van der Waals surface area contributed by atoms with Crippen molar-refractivity contribution in [2.75, 3.05) is 13.7 Å². The number of nitrogens with one attached hydrogen (secondary N) is 1. The van der Waals surface area contributed by atoms with Crippen LogP contribution in [0, 0.1) is 19.8 Å². The van der Waals surface area contributed by atoms with Crippen molar-refractivity contribution in [3.05, 3.63) is 23.3 Å². The minimum absolute atomic E-state index is 0.344. The summed E-state index contributed by atoms with van der Waals surface area (Å²) in [6, 6.07) is 3.34. The van der Waals surface area contributed by atoms with Crippen molar-refractivity contribution in [1.82, 2.24) is 4.72 Å². The second-order valence-electron chi connectivity index (χ2n) is 5.78. The molecular weight excluding hydrogens is 298 g/mol. The Hall–Kier alpha value is -1.07. The van der Waals surface area contributed by atoms with E-state index < -0.39 is 10.0 Å². The van der Waals surface area contributed by atoms with Gasteiger partial charge in [0.05, 0.1) is 12.0 Å². The molecule has 0 aliphatic heterocycles. The highest BCUT2D eigenvalue weighted by Gasteiger charge is 2.20. The first-order valence-corrected chi connectivity index (χ1v) is 9.49. The molecule has 0 aliphatic rings. The van der Waals surface area contributed by atoms with Crippen molar-refractivity contribution in [3.63, 3.8) is 0 Å². The smallest absolute Gasteiger partial charge is 0.240 e. The average Bonchev–Trinajstić information content (AvgIpc) is 2.50. The predicted octanol–water partition coefficient (Wildman–Crippen LogP) is 3.81. The second-order valence-corrected chi connectivity index (χ2v) is 7.52. The second kappa shape index (κ2) is 8.53. The van der Waals surface area contributed by atoms with Gasteiger partial charge in [0, 0.05) is 6.54 Å². The first kappa shape index (κ1) is 19.0. The number of methoxy groups -OCH3 is 1. The third kappa shape index (κ3) is 4.71. The van der Waals surface area contributed by atoms with Crippen molar-refractivity contribution in [3.8, 4) is 5.75 Å². The Morgan fingerprint density at radius 3 is 2.41 bits per heavy atom. The molecule has 1 rings (SSSR count). The monoisotopic (exact) mass is 327 g/mol. The van der Waals surface area contributed by atoms with Crippen molar-refractivity contribution in [1.29, 1.82) is 0 Å². The molecule has 0 radical (unpaired) electrons. The Labute approximate surface area is 135 Å². The summed E-state index contributed by atoms with van der Waals surface area (Å²) in [6.07, 6.45) is 4.33. The molecule has 0 saturated heterocycles. The van der Waals surface area contributed by atoms with Gasteiger partial charge in [0.2, 0.25) is 10.0 Å². The SMILES string of the molecule is CCCC[C@H](CC)CNS(=O)(=O)c1ccc(OC)c(C)c1C. The van der Waals surface area contributed by atoms with Crippen molar-refractivity contribution in [2.45, 2.75) is 58.3 Å². The lowest BCUT2D eigenvalue weighted by Gasteiger charge is -2.17. The fourth-order valence-electron chi connectivity index (χ4n) is 2.53. The molecule has 0 unspecified atom stereocenters. The van der Waals surface area contributed by atoms with Gasteiger partial charge < -0.3 is 4.74 Å². The van der Waals surface area contributed by atoms with Crippen LogP contribution in [0.3, 0.4) is 0 Å². The highest BCUT2D eigenvalue weighted by Crippen LogP contribution is 2.26. The van der Waals surface area contributed by atoms with Crippen LogP contribution in [-0.2, 0) is 10.0 Å². The van der Waals surface area contributed by atoms with Gasteiger partial charge in [-0.2, -0.15) is 0 Å². The maximum absolute atomic E-state index is 12.5. The van der Waals surface area contributed by atoms with E-state index >= 15 is 0 Å². The highest BCUT2D eigenvalue weighted by molar-refractivity contribution is 7.89. The Morgan fingerprint density at radius 1 is 1.18 bits per heavy atom. The molecule has 22 heavy (non-hydrogen) atoms. The fraction of sp³-hybridized carbons (Fsp3) is 0.647. The third-order valence-electron chi connectivity index (χ3n) is 4.30. The Balaban J connectivity index is 2.89. The van der Waals surface area contributed by atoms with E-state index in [4.69, 9.17) is 4.74 Å². The predicted molar refractivity (Wildman–Crippen MR) is 91.0 cm³/mol. The van der Waals surface area contributed by atoms with Crippen LogP contribution in [0.2, 0.25) is 0 Å². The summed E-state index contributed by atoms with van der Waals surface area (Å²) in [7, 11) is -1.88. The van der Waals surface area contributed by atoms with Gasteiger partial charge in [-0.3, -0.25) is 0 Å². The lowest BCUT2D eigenvalue weighted by Crippen LogP contribution is -2.30. The van der Waals surface area contributed by atoms with Crippen molar-refractivity contribution < 1.29 is 13.2 Å². The van der Waals surface area contributed by atoms with Crippen LogP contribution < -0.4 is 9.46 Å². The van der Waals surface area contributed by atoms with Crippen LogP contribution in [0.5, 0.6) is 5.75 Å². The largest absolute Gasteiger partial charge is 0.496 e. The van der Waals surface area contributed by atoms with Gasteiger partial charge in [0.15, 0.2) is 0 Å².